The normalized spacial score (nSPS) is 32.0. The molecule has 0 aromatic carbocycles. The number of rotatable bonds is 3. The Bertz CT molecular complexity index is 198. The van der Waals surface area contributed by atoms with Gasteiger partial charge in [0, 0.05) is 12.6 Å². The van der Waals surface area contributed by atoms with Crippen molar-refractivity contribution in [3.63, 3.8) is 0 Å². The van der Waals surface area contributed by atoms with E-state index in [0.717, 1.165) is 25.3 Å². The average molecular weight is 214 g/mol. The number of carbonyl (C=O) groups excluding carboxylic acids is 1. The summed E-state index contributed by atoms with van der Waals surface area (Å²) in [6.07, 6.45) is 4.72. The Morgan fingerprint density at radius 3 is 3.00 bits per heavy atom. The van der Waals surface area contributed by atoms with Crippen LogP contribution in [-0.4, -0.2) is 36.0 Å². The number of amides is 1. The second kappa shape index (κ2) is 5.03. The van der Waals surface area contributed by atoms with Crippen molar-refractivity contribution in [3.05, 3.63) is 0 Å². The van der Waals surface area contributed by atoms with E-state index in [1.54, 1.807) is 11.8 Å². The molecule has 1 amide bonds. The summed E-state index contributed by atoms with van der Waals surface area (Å²) in [6.45, 7) is 1.93. The molecule has 2 aliphatic rings. The van der Waals surface area contributed by atoms with Gasteiger partial charge < -0.3 is 10.6 Å². The Hall–Kier alpha value is -0.220. The molecule has 0 bridgehead atoms. The summed E-state index contributed by atoms with van der Waals surface area (Å²) in [5, 5.41) is 6.66. The first kappa shape index (κ1) is 10.3. The van der Waals surface area contributed by atoms with Gasteiger partial charge in [-0.05, 0) is 38.0 Å². The maximum atomic E-state index is 11.6. The van der Waals surface area contributed by atoms with Crippen LogP contribution >= 0.6 is 11.8 Å². The highest BCUT2D eigenvalue weighted by atomic mass is 32.2. The fourth-order valence-corrected chi connectivity index (χ4v) is 3.24. The van der Waals surface area contributed by atoms with Crippen molar-refractivity contribution in [2.45, 2.75) is 37.0 Å². The molecule has 4 heteroatoms. The second-order valence-corrected chi connectivity index (χ2v) is 5.35. The van der Waals surface area contributed by atoms with Crippen LogP contribution in [0.15, 0.2) is 0 Å². The number of carbonyl (C=O) groups is 1. The van der Waals surface area contributed by atoms with Gasteiger partial charge in [0.2, 0.25) is 5.91 Å². The van der Waals surface area contributed by atoms with Crippen molar-refractivity contribution in [3.8, 4) is 0 Å². The Morgan fingerprint density at radius 2 is 2.36 bits per heavy atom. The minimum Gasteiger partial charge on any atom is -0.354 e. The van der Waals surface area contributed by atoms with Crippen LogP contribution in [0.25, 0.3) is 0 Å². The molecule has 0 radical (unpaired) electrons. The molecule has 0 aromatic rings. The topological polar surface area (TPSA) is 41.1 Å². The van der Waals surface area contributed by atoms with Crippen molar-refractivity contribution in [1.82, 2.24) is 10.6 Å². The lowest BCUT2D eigenvalue weighted by molar-refractivity contribution is -0.120. The van der Waals surface area contributed by atoms with Crippen LogP contribution in [0.1, 0.15) is 25.7 Å². The zero-order chi connectivity index (χ0) is 9.80. The highest BCUT2D eigenvalue weighted by Crippen LogP contribution is 2.25. The van der Waals surface area contributed by atoms with Gasteiger partial charge in [0.05, 0.1) is 5.25 Å². The molecule has 2 unspecified atom stereocenters. The third-order valence-electron chi connectivity index (χ3n) is 2.91. The first-order valence-corrected chi connectivity index (χ1v) is 6.54. The maximum Gasteiger partial charge on any atom is 0.233 e. The van der Waals surface area contributed by atoms with Gasteiger partial charge in [-0.3, -0.25) is 4.79 Å². The van der Waals surface area contributed by atoms with Crippen LogP contribution < -0.4 is 10.6 Å². The molecule has 2 atom stereocenters. The summed E-state index contributed by atoms with van der Waals surface area (Å²) in [5.74, 6) is 1.40. The SMILES string of the molecule is O=C(NCC1CCCN1)C1CCCS1. The Morgan fingerprint density at radius 1 is 1.43 bits per heavy atom. The van der Waals surface area contributed by atoms with E-state index in [1.807, 2.05) is 0 Å². The van der Waals surface area contributed by atoms with Gasteiger partial charge in [0.25, 0.3) is 0 Å². The highest BCUT2D eigenvalue weighted by molar-refractivity contribution is 8.00. The molecule has 2 N–H and O–H groups in total. The van der Waals surface area contributed by atoms with E-state index >= 15 is 0 Å². The third-order valence-corrected chi connectivity index (χ3v) is 4.28. The molecule has 0 saturated carbocycles. The quantitative estimate of drug-likeness (QED) is 0.728. The summed E-state index contributed by atoms with van der Waals surface area (Å²) in [7, 11) is 0. The van der Waals surface area contributed by atoms with E-state index in [2.05, 4.69) is 10.6 Å². The molecule has 0 aliphatic carbocycles. The van der Waals surface area contributed by atoms with Crippen LogP contribution in [0.2, 0.25) is 0 Å². The molecule has 2 heterocycles. The molecular formula is C10H18N2OS. The van der Waals surface area contributed by atoms with Crippen molar-refractivity contribution < 1.29 is 4.79 Å². The summed E-state index contributed by atoms with van der Waals surface area (Å²) >= 11 is 1.80. The van der Waals surface area contributed by atoms with Crippen LogP contribution in [0.4, 0.5) is 0 Å². The summed E-state index contributed by atoms with van der Waals surface area (Å²) in [4.78, 5) is 11.6. The molecule has 80 valence electrons. The van der Waals surface area contributed by atoms with Crippen molar-refractivity contribution in [2.24, 2.45) is 0 Å². The first-order valence-electron chi connectivity index (χ1n) is 5.49. The minimum atomic E-state index is 0.233. The smallest absolute Gasteiger partial charge is 0.233 e. The zero-order valence-corrected chi connectivity index (χ0v) is 9.24. The van der Waals surface area contributed by atoms with E-state index in [-0.39, 0.29) is 11.2 Å². The molecule has 2 fully saturated rings. The molecule has 0 aromatic heterocycles. The average Bonchev–Trinajstić information content (AvgIpc) is 2.87. The molecular weight excluding hydrogens is 196 g/mol. The van der Waals surface area contributed by atoms with E-state index in [1.165, 1.54) is 19.3 Å². The largest absolute Gasteiger partial charge is 0.354 e. The van der Waals surface area contributed by atoms with Crippen LogP contribution in [0, 0.1) is 0 Å². The summed E-state index contributed by atoms with van der Waals surface area (Å²) in [5.41, 5.74) is 0. The minimum absolute atomic E-state index is 0.233. The fraction of sp³-hybridized carbons (Fsp3) is 0.900. The molecule has 3 nitrogen and oxygen atoms in total. The standard InChI is InChI=1S/C10H18N2OS/c13-10(9-4-2-6-14-9)12-7-8-3-1-5-11-8/h8-9,11H,1-7H2,(H,12,13). The lowest BCUT2D eigenvalue weighted by Crippen LogP contribution is -2.40. The van der Waals surface area contributed by atoms with Gasteiger partial charge >= 0.3 is 0 Å². The van der Waals surface area contributed by atoms with E-state index in [9.17, 15) is 4.79 Å². The molecule has 14 heavy (non-hydrogen) atoms. The molecule has 0 spiro atoms. The van der Waals surface area contributed by atoms with Gasteiger partial charge in [0.15, 0.2) is 0 Å². The molecule has 2 aliphatic heterocycles. The Kier molecular flexibility index (Phi) is 3.70. The number of hydrogen-bond donors (Lipinski definition) is 2. The summed E-state index contributed by atoms with van der Waals surface area (Å²) in [6, 6.07) is 0.519. The summed E-state index contributed by atoms with van der Waals surface area (Å²) < 4.78 is 0. The van der Waals surface area contributed by atoms with Crippen molar-refractivity contribution in [2.75, 3.05) is 18.8 Å². The highest BCUT2D eigenvalue weighted by Gasteiger charge is 2.24. The monoisotopic (exact) mass is 214 g/mol. The van der Waals surface area contributed by atoms with Gasteiger partial charge in [-0.15, -0.1) is 11.8 Å². The van der Waals surface area contributed by atoms with Crippen LogP contribution in [0.5, 0.6) is 0 Å². The number of hydrogen-bond acceptors (Lipinski definition) is 3. The number of nitrogens with one attached hydrogen (secondary N) is 2. The van der Waals surface area contributed by atoms with Crippen molar-refractivity contribution >= 4 is 17.7 Å². The van der Waals surface area contributed by atoms with Gasteiger partial charge in [0.1, 0.15) is 0 Å². The maximum absolute atomic E-state index is 11.6. The zero-order valence-electron chi connectivity index (χ0n) is 8.42. The van der Waals surface area contributed by atoms with Crippen molar-refractivity contribution in [1.29, 1.82) is 0 Å². The molecule has 2 saturated heterocycles. The third kappa shape index (κ3) is 2.64. The number of thioether (sulfide) groups is 1. The van der Waals surface area contributed by atoms with E-state index < -0.39 is 0 Å². The lowest BCUT2D eigenvalue weighted by atomic mass is 10.2. The second-order valence-electron chi connectivity index (χ2n) is 4.04. The Balaban J connectivity index is 1.66. The van der Waals surface area contributed by atoms with E-state index in [0.29, 0.717) is 6.04 Å². The van der Waals surface area contributed by atoms with Crippen LogP contribution in [0.3, 0.4) is 0 Å². The van der Waals surface area contributed by atoms with Crippen LogP contribution in [-0.2, 0) is 4.79 Å². The van der Waals surface area contributed by atoms with Gasteiger partial charge in [-0.2, -0.15) is 0 Å². The predicted molar refractivity (Wildman–Crippen MR) is 59.5 cm³/mol. The molecule has 2 rings (SSSR count). The van der Waals surface area contributed by atoms with E-state index in [4.69, 9.17) is 0 Å². The van der Waals surface area contributed by atoms with Gasteiger partial charge in [-0.1, -0.05) is 0 Å². The first-order chi connectivity index (χ1) is 6.86. The predicted octanol–water partition coefficient (Wildman–Crippen LogP) is 0.750. The Labute approximate surface area is 89.4 Å². The fourth-order valence-electron chi connectivity index (χ4n) is 2.05. The van der Waals surface area contributed by atoms with Gasteiger partial charge in [-0.25, -0.2) is 0 Å². The lowest BCUT2D eigenvalue weighted by Gasteiger charge is -2.13.